The highest BCUT2D eigenvalue weighted by Crippen LogP contribution is 2.22. The largest absolute Gasteiger partial charge is 0.325 e. The quantitative estimate of drug-likeness (QED) is 0.482. The summed E-state index contributed by atoms with van der Waals surface area (Å²) in [5.41, 5.74) is 0.902. The number of aromatic nitrogens is 1. The van der Waals surface area contributed by atoms with Crippen LogP contribution < -0.4 is 5.32 Å². The highest BCUT2D eigenvalue weighted by Gasteiger charge is 2.11. The van der Waals surface area contributed by atoms with Crippen molar-refractivity contribution in [1.82, 2.24) is 4.98 Å². The van der Waals surface area contributed by atoms with Crippen molar-refractivity contribution in [3.05, 3.63) is 62.3 Å². The van der Waals surface area contributed by atoms with Gasteiger partial charge in [0.25, 0.3) is 11.4 Å². The molecule has 0 saturated carbocycles. The Balaban J connectivity index is 1.93. The summed E-state index contributed by atoms with van der Waals surface area (Å²) in [4.78, 5) is 36.0. The van der Waals surface area contributed by atoms with Gasteiger partial charge in [-0.2, -0.15) is 0 Å². The molecule has 9 nitrogen and oxygen atoms in total. The highest BCUT2D eigenvalue weighted by atomic mass is 32.2. The lowest BCUT2D eigenvalue weighted by atomic mass is 10.2. The molecule has 1 aromatic heterocycles. The number of benzene rings is 1. The summed E-state index contributed by atoms with van der Waals surface area (Å²) in [6.07, 6.45) is 1.13. The molecule has 0 spiro atoms. The van der Waals surface area contributed by atoms with Gasteiger partial charge in [0.15, 0.2) is 0 Å². The number of nitrogens with zero attached hydrogens (tertiary/aromatic N) is 3. The van der Waals surface area contributed by atoms with Crippen LogP contribution in [0.3, 0.4) is 0 Å². The summed E-state index contributed by atoms with van der Waals surface area (Å²) in [5, 5.41) is 24.4. The Morgan fingerprint density at radius 1 is 1.17 bits per heavy atom. The van der Waals surface area contributed by atoms with Gasteiger partial charge in [0.1, 0.15) is 6.20 Å². The first kappa shape index (κ1) is 17.3. The Bertz CT molecular complexity index is 794. The summed E-state index contributed by atoms with van der Waals surface area (Å²) in [7, 11) is 0. The number of nitrogens with one attached hydrogen (secondary N) is 1. The van der Waals surface area contributed by atoms with Crippen molar-refractivity contribution in [3.63, 3.8) is 0 Å². The zero-order valence-electron chi connectivity index (χ0n) is 12.5. The van der Waals surface area contributed by atoms with E-state index in [-0.39, 0.29) is 23.0 Å². The molecule has 1 heterocycles. The van der Waals surface area contributed by atoms with Crippen LogP contribution in [0.25, 0.3) is 0 Å². The van der Waals surface area contributed by atoms with Gasteiger partial charge >= 0.3 is 0 Å². The molecule has 0 atom stereocenters. The van der Waals surface area contributed by atoms with Crippen molar-refractivity contribution in [2.45, 2.75) is 11.9 Å². The molecule has 24 heavy (non-hydrogen) atoms. The maximum Gasteiger partial charge on any atom is 0.287 e. The van der Waals surface area contributed by atoms with Crippen molar-refractivity contribution in [3.8, 4) is 0 Å². The third-order valence-corrected chi connectivity index (χ3v) is 3.92. The Kier molecular flexibility index (Phi) is 5.42. The number of anilines is 1. The Labute approximate surface area is 140 Å². The van der Waals surface area contributed by atoms with E-state index in [0.717, 1.165) is 18.0 Å². The maximum atomic E-state index is 11.9. The summed E-state index contributed by atoms with van der Waals surface area (Å²) in [6, 6.07) is 6.94. The molecule has 1 amide bonds. The Morgan fingerprint density at radius 2 is 1.83 bits per heavy atom. The molecule has 2 rings (SSSR count). The van der Waals surface area contributed by atoms with E-state index in [1.165, 1.54) is 30.3 Å². The van der Waals surface area contributed by atoms with Crippen LogP contribution in [-0.4, -0.2) is 26.5 Å². The Hall–Kier alpha value is -3.01. The molecule has 1 aromatic carbocycles. The molecule has 1 N–H and O–H groups in total. The van der Waals surface area contributed by atoms with E-state index in [1.807, 2.05) is 0 Å². The minimum absolute atomic E-state index is 0.0463. The molecule has 0 aliphatic heterocycles. The number of rotatable bonds is 6. The van der Waals surface area contributed by atoms with Crippen LogP contribution >= 0.6 is 11.8 Å². The third kappa shape index (κ3) is 4.49. The van der Waals surface area contributed by atoms with Crippen molar-refractivity contribution < 1.29 is 14.6 Å². The number of hydrogen-bond acceptors (Lipinski definition) is 7. The summed E-state index contributed by atoms with van der Waals surface area (Å²) in [6.45, 7) is 1.66. The number of carbonyl (C=O) groups excluding carboxylic acids is 1. The first-order valence-electron chi connectivity index (χ1n) is 6.65. The van der Waals surface area contributed by atoms with Gasteiger partial charge < -0.3 is 5.32 Å². The van der Waals surface area contributed by atoms with E-state index in [1.54, 1.807) is 6.92 Å². The predicted molar refractivity (Wildman–Crippen MR) is 88.1 cm³/mol. The monoisotopic (exact) mass is 348 g/mol. The second kappa shape index (κ2) is 7.51. The number of nitro benzene ring substituents is 1. The van der Waals surface area contributed by atoms with Crippen LogP contribution in [0.15, 0.2) is 41.6 Å². The molecule has 0 unspecified atom stereocenters. The minimum atomic E-state index is -0.550. The Morgan fingerprint density at radius 3 is 2.38 bits per heavy atom. The van der Waals surface area contributed by atoms with Gasteiger partial charge in [0.2, 0.25) is 5.91 Å². The molecule has 0 radical (unpaired) electrons. The van der Waals surface area contributed by atoms with Crippen LogP contribution in [0.2, 0.25) is 0 Å². The zero-order valence-corrected chi connectivity index (χ0v) is 13.3. The van der Waals surface area contributed by atoms with Crippen molar-refractivity contribution in [2.75, 3.05) is 11.1 Å². The lowest BCUT2D eigenvalue weighted by molar-refractivity contribution is -0.385. The van der Waals surface area contributed by atoms with Crippen molar-refractivity contribution >= 4 is 34.7 Å². The topological polar surface area (TPSA) is 128 Å². The lowest BCUT2D eigenvalue weighted by Gasteiger charge is -2.08. The fourth-order valence-electron chi connectivity index (χ4n) is 1.79. The smallest absolute Gasteiger partial charge is 0.287 e. The SMILES string of the molecule is Cc1cc([N+](=O)[O-])ccc1NC(=O)CSc1ccc([N+](=O)[O-])cn1. The number of non-ortho nitro benzene ring substituents is 1. The maximum absolute atomic E-state index is 11.9. The summed E-state index contributed by atoms with van der Waals surface area (Å²) in [5.74, 6) is -0.251. The molecule has 0 fully saturated rings. The fourth-order valence-corrected chi connectivity index (χ4v) is 2.44. The van der Waals surface area contributed by atoms with Crippen LogP contribution in [-0.2, 0) is 4.79 Å². The normalized spacial score (nSPS) is 10.2. The molecule has 0 bridgehead atoms. The number of thioether (sulfide) groups is 1. The van der Waals surface area contributed by atoms with Crippen molar-refractivity contribution in [2.24, 2.45) is 0 Å². The van der Waals surface area contributed by atoms with E-state index in [0.29, 0.717) is 16.3 Å². The molecule has 2 aromatic rings. The van der Waals surface area contributed by atoms with E-state index < -0.39 is 9.85 Å². The standard InChI is InChI=1S/C14H12N4O5S/c1-9-6-10(17(20)21)2-4-12(9)16-13(19)8-24-14-5-3-11(7-15-14)18(22)23/h2-7H,8H2,1H3,(H,16,19). The van der Waals surface area contributed by atoms with E-state index in [2.05, 4.69) is 10.3 Å². The molecular formula is C14H12N4O5S. The van der Waals surface area contributed by atoms with Gasteiger partial charge in [-0.05, 0) is 24.6 Å². The zero-order chi connectivity index (χ0) is 17.7. The third-order valence-electron chi connectivity index (χ3n) is 2.98. The van der Waals surface area contributed by atoms with Crippen LogP contribution in [0, 0.1) is 27.2 Å². The van der Waals surface area contributed by atoms with Crippen LogP contribution in [0.5, 0.6) is 0 Å². The fraction of sp³-hybridized carbons (Fsp3) is 0.143. The summed E-state index contributed by atoms with van der Waals surface area (Å²) < 4.78 is 0. The second-order valence-corrected chi connectivity index (χ2v) is 5.70. The number of pyridine rings is 1. The number of amides is 1. The van der Waals surface area contributed by atoms with Gasteiger partial charge in [-0.15, -0.1) is 0 Å². The second-order valence-electron chi connectivity index (χ2n) is 4.70. The molecule has 124 valence electrons. The highest BCUT2D eigenvalue weighted by molar-refractivity contribution is 7.99. The number of carbonyl (C=O) groups is 1. The van der Waals surface area contributed by atoms with Gasteiger partial charge in [0, 0.05) is 23.9 Å². The first-order valence-corrected chi connectivity index (χ1v) is 7.63. The number of nitro groups is 2. The molecule has 0 saturated heterocycles. The predicted octanol–water partition coefficient (Wildman–Crippen LogP) is 2.94. The molecule has 10 heteroatoms. The van der Waals surface area contributed by atoms with Gasteiger partial charge in [-0.3, -0.25) is 25.0 Å². The van der Waals surface area contributed by atoms with E-state index >= 15 is 0 Å². The van der Waals surface area contributed by atoms with Gasteiger partial charge in [-0.25, -0.2) is 4.98 Å². The van der Waals surface area contributed by atoms with Gasteiger partial charge in [0.05, 0.1) is 20.6 Å². The van der Waals surface area contributed by atoms with Crippen molar-refractivity contribution in [1.29, 1.82) is 0 Å². The number of hydrogen-bond donors (Lipinski definition) is 1. The first-order chi connectivity index (χ1) is 11.4. The lowest BCUT2D eigenvalue weighted by Crippen LogP contribution is -2.15. The van der Waals surface area contributed by atoms with E-state index in [4.69, 9.17) is 0 Å². The van der Waals surface area contributed by atoms with Crippen LogP contribution in [0.1, 0.15) is 5.56 Å². The molecular weight excluding hydrogens is 336 g/mol. The number of aryl methyl sites for hydroxylation is 1. The van der Waals surface area contributed by atoms with Crippen LogP contribution in [0.4, 0.5) is 17.1 Å². The average molecular weight is 348 g/mol. The van der Waals surface area contributed by atoms with E-state index in [9.17, 15) is 25.0 Å². The average Bonchev–Trinajstić information content (AvgIpc) is 2.55. The van der Waals surface area contributed by atoms with Gasteiger partial charge in [-0.1, -0.05) is 11.8 Å². The minimum Gasteiger partial charge on any atom is -0.325 e. The summed E-state index contributed by atoms with van der Waals surface area (Å²) >= 11 is 1.13. The molecule has 0 aliphatic rings. The molecule has 0 aliphatic carbocycles.